The summed E-state index contributed by atoms with van der Waals surface area (Å²) in [6.45, 7) is 9.81. The van der Waals surface area contributed by atoms with Crippen LogP contribution in [0.3, 0.4) is 0 Å². The van der Waals surface area contributed by atoms with Crippen LogP contribution in [0.4, 0.5) is 5.82 Å². The lowest BCUT2D eigenvalue weighted by Crippen LogP contribution is -2.42. The summed E-state index contributed by atoms with van der Waals surface area (Å²) in [7, 11) is 0. The standard InChI is InChI=1S/C13H24N4O3S.C4H4O4/c1-13(2,3)14-8-10(18)9-20-12-11(15-21-16-12)17-4-6-19-7-5-17;5-3(6)1-2-4(7)8/h10,14,18H,4-9H2,1-3H3;1-2H,(H,5,6)(H,7,8)/t10-;/m1./s1. The molecule has 0 aliphatic carbocycles. The quantitative estimate of drug-likeness (QED) is 0.417. The number of aliphatic hydroxyl groups is 1. The fraction of sp³-hybridized carbons (Fsp3) is 0.647. The van der Waals surface area contributed by atoms with Crippen LogP contribution in [0.5, 0.6) is 5.88 Å². The van der Waals surface area contributed by atoms with Gasteiger partial charge in [0.2, 0.25) is 5.82 Å². The van der Waals surface area contributed by atoms with Gasteiger partial charge in [-0.25, -0.2) is 9.59 Å². The lowest BCUT2D eigenvalue weighted by Gasteiger charge is -2.27. The van der Waals surface area contributed by atoms with Crippen molar-refractivity contribution in [1.82, 2.24) is 14.1 Å². The van der Waals surface area contributed by atoms with Crippen molar-refractivity contribution in [3.63, 3.8) is 0 Å². The van der Waals surface area contributed by atoms with Crippen LogP contribution in [0.2, 0.25) is 0 Å². The Morgan fingerprint density at radius 3 is 2.34 bits per heavy atom. The van der Waals surface area contributed by atoms with E-state index in [1.807, 2.05) is 0 Å². The Labute approximate surface area is 173 Å². The van der Waals surface area contributed by atoms with E-state index in [1.54, 1.807) is 0 Å². The van der Waals surface area contributed by atoms with Crippen molar-refractivity contribution >= 4 is 29.5 Å². The van der Waals surface area contributed by atoms with E-state index in [1.165, 1.54) is 0 Å². The van der Waals surface area contributed by atoms with Crippen molar-refractivity contribution in [1.29, 1.82) is 0 Å². The number of anilines is 1. The molecule has 1 aliphatic rings. The van der Waals surface area contributed by atoms with E-state index in [2.05, 4.69) is 39.7 Å². The predicted octanol–water partition coefficient (Wildman–Crippen LogP) is 0.214. The van der Waals surface area contributed by atoms with Gasteiger partial charge in [-0.3, -0.25) is 0 Å². The van der Waals surface area contributed by atoms with Gasteiger partial charge in [-0.2, -0.15) is 4.37 Å². The molecular weight excluding hydrogens is 404 g/mol. The van der Waals surface area contributed by atoms with Gasteiger partial charge in [0, 0.05) is 37.3 Å². The number of carbonyl (C=O) groups is 2. The minimum atomic E-state index is -1.26. The Bertz CT molecular complexity index is 653. The van der Waals surface area contributed by atoms with Gasteiger partial charge in [-0.1, -0.05) is 0 Å². The third kappa shape index (κ3) is 11.3. The van der Waals surface area contributed by atoms with E-state index < -0.39 is 18.0 Å². The van der Waals surface area contributed by atoms with Crippen molar-refractivity contribution < 1.29 is 34.4 Å². The number of hydrogen-bond donors (Lipinski definition) is 4. The van der Waals surface area contributed by atoms with Crippen molar-refractivity contribution in [2.24, 2.45) is 0 Å². The number of carboxylic acid groups (broad SMARTS) is 2. The topological polar surface area (TPSA) is 154 Å². The molecule has 4 N–H and O–H groups in total. The Balaban J connectivity index is 0.000000447. The van der Waals surface area contributed by atoms with E-state index in [4.69, 9.17) is 19.7 Å². The van der Waals surface area contributed by atoms with Crippen LogP contribution in [0.25, 0.3) is 0 Å². The van der Waals surface area contributed by atoms with Gasteiger partial charge in [0.15, 0.2) is 0 Å². The number of aliphatic hydroxyl groups excluding tert-OH is 1. The number of rotatable bonds is 8. The molecule has 1 aliphatic heterocycles. The van der Waals surface area contributed by atoms with Crippen LogP contribution in [0, 0.1) is 0 Å². The fourth-order valence-electron chi connectivity index (χ4n) is 2.04. The molecule has 0 bridgehead atoms. The number of hydrogen-bond acceptors (Lipinski definition) is 10. The number of β-amino-alcohol motifs (C(OH)–C–C–N with tert-alkyl or cyclic N) is 1. The average molecular weight is 432 g/mol. The molecule has 0 unspecified atom stereocenters. The SMILES string of the molecule is CC(C)(C)NC[C@@H](O)COc1nsnc1N1CCOCC1.O=C(O)C=CC(=O)O. The van der Waals surface area contributed by atoms with Gasteiger partial charge >= 0.3 is 11.9 Å². The number of aromatic nitrogens is 2. The van der Waals surface area contributed by atoms with Crippen LogP contribution in [-0.2, 0) is 14.3 Å². The molecule has 0 radical (unpaired) electrons. The molecule has 29 heavy (non-hydrogen) atoms. The average Bonchev–Trinajstić information content (AvgIpc) is 3.12. The first-order valence-corrected chi connectivity index (χ1v) is 9.66. The van der Waals surface area contributed by atoms with Crippen LogP contribution < -0.4 is 15.0 Å². The number of ether oxygens (including phenoxy) is 2. The maximum Gasteiger partial charge on any atom is 0.328 e. The van der Waals surface area contributed by atoms with Crippen molar-refractivity contribution in [3.05, 3.63) is 12.2 Å². The van der Waals surface area contributed by atoms with Gasteiger partial charge < -0.3 is 35.0 Å². The Morgan fingerprint density at radius 1 is 1.24 bits per heavy atom. The number of aliphatic carboxylic acids is 2. The normalized spacial score (nSPS) is 15.5. The van der Waals surface area contributed by atoms with Crippen LogP contribution in [0.1, 0.15) is 20.8 Å². The highest BCUT2D eigenvalue weighted by atomic mass is 32.1. The van der Waals surface area contributed by atoms with E-state index >= 15 is 0 Å². The molecule has 12 heteroatoms. The molecule has 0 saturated carbocycles. The monoisotopic (exact) mass is 432 g/mol. The van der Waals surface area contributed by atoms with E-state index in [0.717, 1.165) is 30.6 Å². The Kier molecular flexibility index (Phi) is 10.5. The van der Waals surface area contributed by atoms with Crippen molar-refractivity contribution in [2.45, 2.75) is 32.4 Å². The first-order chi connectivity index (χ1) is 13.6. The summed E-state index contributed by atoms with van der Waals surface area (Å²) in [6, 6.07) is 0. The van der Waals surface area contributed by atoms with Gasteiger partial charge in [-0.15, -0.1) is 4.37 Å². The summed E-state index contributed by atoms with van der Waals surface area (Å²) in [5.74, 6) is -1.27. The first-order valence-electron chi connectivity index (χ1n) is 8.93. The molecule has 2 rings (SSSR count). The third-order valence-electron chi connectivity index (χ3n) is 3.40. The van der Waals surface area contributed by atoms with Gasteiger partial charge in [0.1, 0.15) is 12.7 Å². The lowest BCUT2D eigenvalue weighted by atomic mass is 10.1. The minimum absolute atomic E-state index is 0.0257. The summed E-state index contributed by atoms with van der Waals surface area (Å²) in [5.41, 5.74) is -0.0257. The smallest absolute Gasteiger partial charge is 0.328 e. The molecule has 0 spiro atoms. The minimum Gasteiger partial charge on any atom is -0.478 e. The highest BCUT2D eigenvalue weighted by Gasteiger charge is 2.21. The molecule has 11 nitrogen and oxygen atoms in total. The second-order valence-corrected chi connectivity index (χ2v) is 7.63. The molecule has 1 aromatic rings. The maximum absolute atomic E-state index is 9.95. The van der Waals surface area contributed by atoms with Gasteiger partial charge in [0.05, 0.1) is 24.9 Å². The number of nitrogens with one attached hydrogen (secondary N) is 1. The molecule has 2 heterocycles. The van der Waals surface area contributed by atoms with Gasteiger partial charge in [0.25, 0.3) is 5.88 Å². The second kappa shape index (κ2) is 12.3. The number of morpholine rings is 1. The molecule has 1 atom stereocenters. The van der Waals surface area contributed by atoms with Crippen molar-refractivity contribution in [3.8, 4) is 5.88 Å². The van der Waals surface area contributed by atoms with Crippen LogP contribution in [-0.4, -0.2) is 87.1 Å². The second-order valence-electron chi connectivity index (χ2n) is 7.10. The lowest BCUT2D eigenvalue weighted by molar-refractivity contribution is -0.134. The number of carboxylic acids is 2. The van der Waals surface area contributed by atoms with E-state index in [9.17, 15) is 14.7 Å². The summed E-state index contributed by atoms with van der Waals surface area (Å²) >= 11 is 1.12. The first kappa shape index (κ1) is 24.8. The molecule has 0 amide bonds. The van der Waals surface area contributed by atoms with E-state index in [-0.39, 0.29) is 12.1 Å². The molecule has 164 valence electrons. The van der Waals surface area contributed by atoms with Gasteiger partial charge in [-0.05, 0) is 20.8 Å². The summed E-state index contributed by atoms with van der Waals surface area (Å²) in [4.78, 5) is 21.2. The molecule has 1 aromatic heterocycles. The molecular formula is C17H28N4O7S. The fourth-order valence-corrected chi connectivity index (χ4v) is 2.56. The maximum atomic E-state index is 9.95. The zero-order chi connectivity index (χ0) is 21.9. The summed E-state index contributed by atoms with van der Waals surface area (Å²) in [5, 5.41) is 28.8. The Morgan fingerprint density at radius 2 is 1.83 bits per heavy atom. The Hall–Kier alpha value is -2.28. The zero-order valence-corrected chi connectivity index (χ0v) is 17.5. The third-order valence-corrected chi connectivity index (χ3v) is 3.90. The predicted molar refractivity (Wildman–Crippen MR) is 107 cm³/mol. The van der Waals surface area contributed by atoms with Crippen LogP contribution in [0.15, 0.2) is 12.2 Å². The highest BCUT2D eigenvalue weighted by Crippen LogP contribution is 2.26. The number of nitrogens with zero attached hydrogens (tertiary/aromatic N) is 3. The largest absolute Gasteiger partial charge is 0.478 e. The highest BCUT2D eigenvalue weighted by molar-refractivity contribution is 6.99. The zero-order valence-electron chi connectivity index (χ0n) is 16.7. The van der Waals surface area contributed by atoms with E-state index in [0.29, 0.717) is 37.8 Å². The summed E-state index contributed by atoms with van der Waals surface area (Å²) in [6.07, 6.45) is 0.536. The molecule has 1 fully saturated rings. The van der Waals surface area contributed by atoms with Crippen molar-refractivity contribution in [2.75, 3.05) is 44.4 Å². The van der Waals surface area contributed by atoms with Crippen LogP contribution >= 0.6 is 11.7 Å². The molecule has 1 saturated heterocycles. The molecule has 0 aromatic carbocycles. The summed E-state index contributed by atoms with van der Waals surface area (Å²) < 4.78 is 19.4.